The van der Waals surface area contributed by atoms with E-state index in [4.69, 9.17) is 10.5 Å². The molecule has 0 aliphatic heterocycles. The van der Waals surface area contributed by atoms with Gasteiger partial charge in [0.05, 0.1) is 6.04 Å². The van der Waals surface area contributed by atoms with Gasteiger partial charge in [-0.05, 0) is 25.0 Å². The number of carbonyl (C=O) groups excluding carboxylic acids is 2. The van der Waals surface area contributed by atoms with Crippen LogP contribution in [0.4, 0.5) is 0 Å². The van der Waals surface area contributed by atoms with E-state index in [9.17, 15) is 14.7 Å². The first-order valence-electron chi connectivity index (χ1n) is 6.38. The van der Waals surface area contributed by atoms with Crippen molar-refractivity contribution in [2.75, 3.05) is 0 Å². The normalized spacial score (nSPS) is 13.7. The van der Waals surface area contributed by atoms with Crippen LogP contribution in [0, 0.1) is 5.92 Å². The molecule has 0 aliphatic rings. The second-order valence-electron chi connectivity index (χ2n) is 4.89. The molecule has 0 radical (unpaired) electrons. The van der Waals surface area contributed by atoms with Gasteiger partial charge in [0.1, 0.15) is 6.04 Å². The predicted molar refractivity (Wildman–Crippen MR) is 74.2 cm³/mol. The van der Waals surface area contributed by atoms with Crippen molar-refractivity contribution in [1.29, 1.82) is 0 Å². The maximum absolute atomic E-state index is 11.8. The summed E-state index contributed by atoms with van der Waals surface area (Å²) < 4.78 is 5.00. The molecule has 0 heterocycles. The van der Waals surface area contributed by atoms with Crippen LogP contribution in [-0.2, 0) is 9.59 Å². The Morgan fingerprint density at radius 3 is 2.40 bits per heavy atom. The average Bonchev–Trinajstić information content (AvgIpc) is 2.40. The average molecular weight is 280 g/mol. The second kappa shape index (κ2) is 6.91. The number of aromatic hydroxyl groups is 1. The minimum atomic E-state index is -0.855. The Morgan fingerprint density at radius 1 is 1.25 bits per heavy atom. The monoisotopic (exact) mass is 280 g/mol. The number of esters is 1. The smallest absolute Gasteiger partial charge is 0.333 e. The molecule has 2 atom stereocenters. The summed E-state index contributed by atoms with van der Waals surface area (Å²) in [6, 6.07) is 4.56. The first-order chi connectivity index (χ1) is 9.32. The number of phenolic OH excluding ortho intramolecular Hbond substituents is 1. The van der Waals surface area contributed by atoms with Crippen molar-refractivity contribution in [2.24, 2.45) is 11.7 Å². The van der Waals surface area contributed by atoms with Crippen LogP contribution in [0.5, 0.6) is 11.5 Å². The number of carbonyl (C=O) groups is 2. The number of benzene rings is 1. The number of hydrogen-bond acceptors (Lipinski definition) is 5. The summed E-state index contributed by atoms with van der Waals surface area (Å²) in [6.45, 7) is 5.12. The lowest BCUT2D eigenvalue weighted by Gasteiger charge is -2.18. The number of nitrogens with two attached hydrogens (primary N) is 1. The fourth-order valence-corrected chi connectivity index (χ4v) is 1.41. The topological polar surface area (TPSA) is 102 Å². The van der Waals surface area contributed by atoms with E-state index >= 15 is 0 Å². The molecule has 0 aliphatic carbocycles. The Bertz CT molecular complexity index is 488. The molecule has 1 rings (SSSR count). The van der Waals surface area contributed by atoms with Gasteiger partial charge >= 0.3 is 5.97 Å². The molecule has 6 heteroatoms. The summed E-state index contributed by atoms with van der Waals surface area (Å²) in [5, 5.41) is 12.0. The fourth-order valence-electron chi connectivity index (χ4n) is 1.41. The third-order valence-corrected chi connectivity index (χ3v) is 2.81. The highest BCUT2D eigenvalue weighted by Crippen LogP contribution is 2.24. The number of ether oxygens (including phenoxy) is 1. The highest BCUT2D eigenvalue weighted by molar-refractivity contribution is 5.88. The van der Waals surface area contributed by atoms with Crippen LogP contribution < -0.4 is 15.8 Å². The molecule has 0 bridgehead atoms. The summed E-state index contributed by atoms with van der Waals surface area (Å²) in [5.74, 6) is -1.21. The highest BCUT2D eigenvalue weighted by atomic mass is 16.5. The molecule has 0 aromatic heterocycles. The van der Waals surface area contributed by atoms with Crippen molar-refractivity contribution in [1.82, 2.24) is 5.32 Å². The number of amides is 1. The largest absolute Gasteiger partial charge is 0.504 e. The van der Waals surface area contributed by atoms with Crippen molar-refractivity contribution < 1.29 is 19.4 Å². The minimum Gasteiger partial charge on any atom is -0.504 e. The highest BCUT2D eigenvalue weighted by Gasteiger charge is 2.23. The van der Waals surface area contributed by atoms with Gasteiger partial charge in [-0.3, -0.25) is 4.79 Å². The molecule has 0 saturated carbocycles. The zero-order chi connectivity index (χ0) is 15.3. The van der Waals surface area contributed by atoms with Gasteiger partial charge < -0.3 is 20.9 Å². The maximum Gasteiger partial charge on any atom is 0.333 e. The summed E-state index contributed by atoms with van der Waals surface area (Å²) in [5.41, 5.74) is 5.68. The van der Waals surface area contributed by atoms with E-state index in [1.807, 2.05) is 13.8 Å². The number of hydrogen-bond donors (Lipinski definition) is 3. The number of rotatable bonds is 5. The molecular weight excluding hydrogens is 260 g/mol. The van der Waals surface area contributed by atoms with Gasteiger partial charge in [-0.15, -0.1) is 0 Å². The molecule has 4 N–H and O–H groups in total. The zero-order valence-corrected chi connectivity index (χ0v) is 11.8. The molecule has 0 saturated heterocycles. The van der Waals surface area contributed by atoms with Crippen LogP contribution in [0.15, 0.2) is 24.3 Å². The lowest BCUT2D eigenvalue weighted by atomic mass is 10.0. The second-order valence-corrected chi connectivity index (χ2v) is 4.89. The molecule has 0 spiro atoms. The van der Waals surface area contributed by atoms with Crippen molar-refractivity contribution in [2.45, 2.75) is 32.9 Å². The van der Waals surface area contributed by atoms with Gasteiger partial charge in [-0.25, -0.2) is 4.79 Å². The molecule has 110 valence electrons. The number of phenols is 1. The molecular formula is C14H20N2O4. The number of para-hydroxylation sites is 2. The number of nitrogens with one attached hydrogen (secondary N) is 1. The molecule has 0 fully saturated rings. The first kappa shape index (κ1) is 16.0. The van der Waals surface area contributed by atoms with Gasteiger partial charge in [0.25, 0.3) is 0 Å². The SMILES string of the molecule is CC(C)[C@@H](N)C(=O)N[C@@H](C)C(=O)Oc1ccccc1O. The Labute approximate surface area is 117 Å². The molecule has 1 aromatic carbocycles. The van der Waals surface area contributed by atoms with Gasteiger partial charge in [0.15, 0.2) is 11.5 Å². The van der Waals surface area contributed by atoms with Gasteiger partial charge in [0.2, 0.25) is 5.91 Å². The van der Waals surface area contributed by atoms with Crippen molar-refractivity contribution in [3.8, 4) is 11.5 Å². The lowest BCUT2D eigenvalue weighted by molar-refractivity contribution is -0.139. The quantitative estimate of drug-likeness (QED) is 0.546. The van der Waals surface area contributed by atoms with E-state index in [0.717, 1.165) is 0 Å². The molecule has 6 nitrogen and oxygen atoms in total. The van der Waals surface area contributed by atoms with E-state index in [1.54, 1.807) is 12.1 Å². The van der Waals surface area contributed by atoms with Crippen LogP contribution in [0.25, 0.3) is 0 Å². The van der Waals surface area contributed by atoms with E-state index < -0.39 is 24.0 Å². The standard InChI is InChI=1S/C14H20N2O4/c1-8(2)12(15)13(18)16-9(3)14(19)20-11-7-5-4-6-10(11)17/h4-9,12,17H,15H2,1-3H3,(H,16,18)/t9-,12+/m0/s1. The summed E-state index contributed by atoms with van der Waals surface area (Å²) in [6.07, 6.45) is 0. The van der Waals surface area contributed by atoms with E-state index in [0.29, 0.717) is 0 Å². The first-order valence-corrected chi connectivity index (χ1v) is 6.38. The Hall–Kier alpha value is -2.08. The fraction of sp³-hybridized carbons (Fsp3) is 0.429. The molecule has 0 unspecified atom stereocenters. The maximum atomic E-state index is 11.8. The molecule has 1 aromatic rings. The van der Waals surface area contributed by atoms with E-state index in [1.165, 1.54) is 19.1 Å². The summed E-state index contributed by atoms with van der Waals surface area (Å²) >= 11 is 0. The molecule has 1 amide bonds. The summed E-state index contributed by atoms with van der Waals surface area (Å²) in [7, 11) is 0. The minimum absolute atomic E-state index is 0.0311. The van der Waals surface area contributed by atoms with Gasteiger partial charge in [-0.1, -0.05) is 26.0 Å². The molecule has 20 heavy (non-hydrogen) atoms. The Kier molecular flexibility index (Phi) is 5.52. The van der Waals surface area contributed by atoms with Crippen molar-refractivity contribution in [3.63, 3.8) is 0 Å². The third-order valence-electron chi connectivity index (χ3n) is 2.81. The van der Waals surface area contributed by atoms with E-state index in [2.05, 4.69) is 5.32 Å². The van der Waals surface area contributed by atoms with Gasteiger partial charge in [0, 0.05) is 0 Å². The lowest BCUT2D eigenvalue weighted by Crippen LogP contribution is -2.50. The van der Waals surface area contributed by atoms with Crippen LogP contribution >= 0.6 is 0 Å². The Morgan fingerprint density at radius 2 is 1.85 bits per heavy atom. The van der Waals surface area contributed by atoms with Crippen molar-refractivity contribution >= 4 is 11.9 Å². The third kappa shape index (κ3) is 4.24. The van der Waals surface area contributed by atoms with Crippen LogP contribution in [0.2, 0.25) is 0 Å². The van der Waals surface area contributed by atoms with Crippen LogP contribution in [0.1, 0.15) is 20.8 Å². The summed E-state index contributed by atoms with van der Waals surface area (Å²) in [4.78, 5) is 23.5. The van der Waals surface area contributed by atoms with Crippen LogP contribution in [-0.4, -0.2) is 29.1 Å². The van der Waals surface area contributed by atoms with Gasteiger partial charge in [-0.2, -0.15) is 0 Å². The van der Waals surface area contributed by atoms with Crippen LogP contribution in [0.3, 0.4) is 0 Å². The Balaban J connectivity index is 2.60. The predicted octanol–water partition coefficient (Wildman–Crippen LogP) is 0.786. The van der Waals surface area contributed by atoms with Crippen molar-refractivity contribution in [3.05, 3.63) is 24.3 Å². The van der Waals surface area contributed by atoms with E-state index in [-0.39, 0.29) is 17.4 Å². The zero-order valence-electron chi connectivity index (χ0n) is 11.8.